The second-order valence-corrected chi connectivity index (χ2v) is 11.6. The van der Waals surface area contributed by atoms with Crippen LogP contribution in [0, 0.1) is 0 Å². The summed E-state index contributed by atoms with van der Waals surface area (Å²) in [5.74, 6) is -1.61. The monoisotopic (exact) mass is 539 g/mol. The van der Waals surface area contributed by atoms with Crippen LogP contribution >= 0.6 is 7.60 Å². The lowest BCUT2D eigenvalue weighted by molar-refractivity contribution is -0.138. The highest BCUT2D eigenvalue weighted by Crippen LogP contribution is 2.65. The maximum atomic E-state index is 14.3. The molecule has 1 aliphatic carbocycles. The van der Waals surface area contributed by atoms with E-state index in [0.717, 1.165) is 48.8 Å². The van der Waals surface area contributed by atoms with Crippen molar-refractivity contribution >= 4 is 13.5 Å². The highest BCUT2D eigenvalue weighted by molar-refractivity contribution is 7.54. The quantitative estimate of drug-likeness (QED) is 0.194. The Labute approximate surface area is 217 Å². The molecule has 0 radical (unpaired) electrons. The van der Waals surface area contributed by atoms with E-state index in [9.17, 15) is 22.5 Å². The standard InChI is InChI=1S/C28H37F3NO4P/c1-4-7-17-35-37(34,36-18-8-5-2)24(12-6-3)22-15-11-16-23-25(22)20-13-9-10-14-21(20)26(23)27(33)32-19-28(29,30)31/h9-11,13-16,24,26H,4-8,12,17-19H2,1-3H3,(H,32,33). The van der Waals surface area contributed by atoms with E-state index in [1.807, 2.05) is 39.0 Å². The Balaban J connectivity index is 2.10. The number of unbranched alkanes of at least 4 members (excludes halogenated alkanes) is 2. The molecule has 0 spiro atoms. The van der Waals surface area contributed by atoms with E-state index in [-0.39, 0.29) is 0 Å². The zero-order valence-electron chi connectivity index (χ0n) is 21.8. The van der Waals surface area contributed by atoms with Crippen molar-refractivity contribution in [1.82, 2.24) is 5.32 Å². The summed E-state index contributed by atoms with van der Waals surface area (Å²) < 4.78 is 65.0. The first-order valence-corrected chi connectivity index (χ1v) is 14.7. The van der Waals surface area contributed by atoms with Gasteiger partial charge in [-0.25, -0.2) is 0 Å². The fraction of sp³-hybridized carbons (Fsp3) is 0.536. The van der Waals surface area contributed by atoms with Gasteiger partial charge in [-0.3, -0.25) is 9.36 Å². The Morgan fingerprint density at radius 1 is 0.946 bits per heavy atom. The molecule has 204 valence electrons. The third-order valence-electron chi connectivity index (χ3n) is 6.55. The van der Waals surface area contributed by atoms with Gasteiger partial charge < -0.3 is 14.4 Å². The van der Waals surface area contributed by atoms with Gasteiger partial charge in [0.2, 0.25) is 5.91 Å². The van der Waals surface area contributed by atoms with Crippen molar-refractivity contribution in [3.8, 4) is 11.1 Å². The number of amides is 1. The van der Waals surface area contributed by atoms with Crippen LogP contribution in [0.1, 0.15) is 87.6 Å². The van der Waals surface area contributed by atoms with Crippen molar-refractivity contribution < 1.29 is 31.6 Å². The summed E-state index contributed by atoms with van der Waals surface area (Å²) in [4.78, 5) is 13.1. The van der Waals surface area contributed by atoms with E-state index in [4.69, 9.17) is 9.05 Å². The van der Waals surface area contributed by atoms with Gasteiger partial charge in [-0.2, -0.15) is 13.2 Å². The topological polar surface area (TPSA) is 64.6 Å². The molecule has 2 aromatic carbocycles. The van der Waals surface area contributed by atoms with E-state index in [1.165, 1.54) is 0 Å². The van der Waals surface area contributed by atoms with Gasteiger partial charge in [-0.15, -0.1) is 0 Å². The molecule has 1 N–H and O–H groups in total. The van der Waals surface area contributed by atoms with Crippen molar-refractivity contribution in [3.63, 3.8) is 0 Å². The Morgan fingerprint density at radius 2 is 1.57 bits per heavy atom. The first-order valence-electron chi connectivity index (χ1n) is 13.1. The van der Waals surface area contributed by atoms with Gasteiger partial charge in [-0.05, 0) is 47.1 Å². The van der Waals surface area contributed by atoms with Crippen LogP contribution in [0.25, 0.3) is 11.1 Å². The van der Waals surface area contributed by atoms with Crippen LogP contribution < -0.4 is 5.32 Å². The minimum atomic E-state index is -4.51. The normalized spacial score (nSPS) is 15.8. The summed E-state index contributed by atoms with van der Waals surface area (Å²) in [7, 11) is -3.60. The van der Waals surface area contributed by atoms with E-state index >= 15 is 0 Å². The number of carbonyl (C=O) groups excluding carboxylic acids is 1. The fourth-order valence-electron chi connectivity index (χ4n) is 4.78. The van der Waals surface area contributed by atoms with Crippen LogP contribution in [0.2, 0.25) is 0 Å². The van der Waals surface area contributed by atoms with Crippen molar-refractivity contribution in [1.29, 1.82) is 0 Å². The van der Waals surface area contributed by atoms with Crippen LogP contribution in [0.5, 0.6) is 0 Å². The molecule has 2 aromatic rings. The van der Waals surface area contributed by atoms with Crippen LogP contribution in [0.4, 0.5) is 13.2 Å². The van der Waals surface area contributed by atoms with Crippen LogP contribution in [-0.4, -0.2) is 31.8 Å². The number of benzene rings is 2. The second-order valence-electron chi connectivity index (χ2n) is 9.38. The van der Waals surface area contributed by atoms with E-state index in [0.29, 0.717) is 30.8 Å². The minimum absolute atomic E-state index is 0.314. The van der Waals surface area contributed by atoms with Gasteiger partial charge in [-0.1, -0.05) is 82.5 Å². The third-order valence-corrected chi connectivity index (χ3v) is 8.93. The van der Waals surface area contributed by atoms with Crippen molar-refractivity contribution in [2.24, 2.45) is 0 Å². The highest BCUT2D eigenvalue weighted by Gasteiger charge is 2.42. The van der Waals surface area contributed by atoms with Gasteiger partial charge >= 0.3 is 13.8 Å². The lowest BCUT2D eigenvalue weighted by Crippen LogP contribution is -2.36. The predicted molar refractivity (Wildman–Crippen MR) is 140 cm³/mol. The van der Waals surface area contributed by atoms with Gasteiger partial charge in [0.05, 0.1) is 24.8 Å². The maximum Gasteiger partial charge on any atom is 0.405 e. The first kappa shape index (κ1) is 29.4. The van der Waals surface area contributed by atoms with E-state index < -0.39 is 37.8 Å². The summed E-state index contributed by atoms with van der Waals surface area (Å²) in [6, 6.07) is 12.6. The summed E-state index contributed by atoms with van der Waals surface area (Å²) >= 11 is 0. The van der Waals surface area contributed by atoms with Crippen LogP contribution in [-0.2, 0) is 18.4 Å². The number of nitrogens with one attached hydrogen (secondary N) is 1. The molecule has 1 aliphatic rings. The van der Waals surface area contributed by atoms with Crippen LogP contribution in [0.3, 0.4) is 0 Å². The molecule has 9 heteroatoms. The molecule has 2 unspecified atom stereocenters. The molecule has 0 aromatic heterocycles. The molecule has 0 bridgehead atoms. The second kappa shape index (κ2) is 13.1. The Hall–Kier alpha value is -2.15. The Bertz CT molecular complexity index is 1090. The van der Waals surface area contributed by atoms with Gasteiger partial charge in [0.15, 0.2) is 0 Å². The number of alkyl halides is 3. The molecule has 0 saturated heterocycles. The lowest BCUT2D eigenvalue weighted by atomic mass is 9.93. The van der Waals surface area contributed by atoms with Crippen molar-refractivity contribution in [2.75, 3.05) is 19.8 Å². The average Bonchev–Trinajstić information content (AvgIpc) is 3.20. The third kappa shape index (κ3) is 7.04. The SMILES string of the molecule is CCCCOP(=O)(OCCCC)C(CCC)c1cccc2c1-c1ccccc1C2C(=O)NCC(F)(F)F. The number of rotatable bonds is 14. The van der Waals surface area contributed by atoms with E-state index in [2.05, 4.69) is 5.32 Å². The first-order chi connectivity index (χ1) is 17.7. The summed E-state index contributed by atoms with van der Waals surface area (Å²) in [6.07, 6.45) is 0.0204. The van der Waals surface area contributed by atoms with Crippen molar-refractivity contribution in [2.45, 2.75) is 77.0 Å². The largest absolute Gasteiger partial charge is 0.405 e. The molecule has 0 saturated carbocycles. The van der Waals surface area contributed by atoms with Crippen LogP contribution in [0.15, 0.2) is 42.5 Å². The zero-order chi connectivity index (χ0) is 27.1. The number of hydrogen-bond donors (Lipinski definition) is 1. The molecule has 2 atom stereocenters. The molecule has 0 aliphatic heterocycles. The molecule has 1 amide bonds. The Morgan fingerprint density at radius 3 is 2.16 bits per heavy atom. The summed E-state index contributed by atoms with van der Waals surface area (Å²) in [5, 5.41) is 2.05. The molecule has 3 rings (SSSR count). The summed E-state index contributed by atoms with van der Waals surface area (Å²) in [5.41, 5.74) is 2.92. The molecule has 0 heterocycles. The number of fused-ring (bicyclic) bond motifs is 3. The number of carbonyl (C=O) groups is 1. The molecular formula is C28H37F3NO4P. The molecular weight excluding hydrogens is 502 g/mol. The average molecular weight is 540 g/mol. The van der Waals surface area contributed by atoms with Gasteiger partial charge in [0.25, 0.3) is 0 Å². The van der Waals surface area contributed by atoms with Crippen molar-refractivity contribution in [3.05, 3.63) is 59.2 Å². The molecule has 0 fully saturated rings. The van der Waals surface area contributed by atoms with E-state index in [1.54, 1.807) is 24.3 Å². The lowest BCUT2D eigenvalue weighted by Gasteiger charge is -2.29. The zero-order valence-corrected chi connectivity index (χ0v) is 22.7. The summed E-state index contributed by atoms with van der Waals surface area (Å²) in [6.45, 7) is 5.29. The molecule has 5 nitrogen and oxygen atoms in total. The Kier molecular flexibility index (Phi) is 10.4. The van der Waals surface area contributed by atoms with Gasteiger partial charge in [0, 0.05) is 0 Å². The predicted octanol–water partition coefficient (Wildman–Crippen LogP) is 8.15. The number of hydrogen-bond acceptors (Lipinski definition) is 4. The fourth-order valence-corrected chi connectivity index (χ4v) is 7.11. The van der Waals surface area contributed by atoms with Gasteiger partial charge in [0.1, 0.15) is 6.54 Å². The maximum absolute atomic E-state index is 14.3. The number of halogens is 3. The highest BCUT2D eigenvalue weighted by atomic mass is 31.2. The minimum Gasteiger partial charge on any atom is -0.346 e. The smallest absolute Gasteiger partial charge is 0.346 e. The molecule has 37 heavy (non-hydrogen) atoms.